The second-order valence-electron chi connectivity index (χ2n) is 4.26. The van der Waals surface area contributed by atoms with E-state index in [4.69, 9.17) is 11.6 Å². The van der Waals surface area contributed by atoms with Gasteiger partial charge in [0.2, 0.25) is 0 Å². The Balaban J connectivity index is 2.32. The maximum Gasteiger partial charge on any atom is 0.129 e. The van der Waals surface area contributed by atoms with Crippen LogP contribution in [0.1, 0.15) is 37.9 Å². The molecular formula is C12H17ClN2. The molecule has 2 nitrogen and oxygen atoms in total. The third-order valence-corrected chi connectivity index (χ3v) is 3.76. The smallest absolute Gasteiger partial charge is 0.129 e. The van der Waals surface area contributed by atoms with E-state index in [-0.39, 0.29) is 5.54 Å². The van der Waals surface area contributed by atoms with E-state index in [2.05, 4.69) is 30.2 Å². The Morgan fingerprint density at radius 1 is 1.40 bits per heavy atom. The van der Waals surface area contributed by atoms with Crippen molar-refractivity contribution in [2.24, 2.45) is 0 Å². The van der Waals surface area contributed by atoms with Crippen LogP contribution in [-0.2, 0) is 13.0 Å². The SMILES string of the molecule is CCC1(CC)Cc2nc(Cl)ccc2CN1. The summed E-state index contributed by atoms with van der Waals surface area (Å²) in [6.07, 6.45) is 3.27. The van der Waals surface area contributed by atoms with Crippen LogP contribution in [0.2, 0.25) is 5.15 Å². The summed E-state index contributed by atoms with van der Waals surface area (Å²) in [5.74, 6) is 0. The van der Waals surface area contributed by atoms with E-state index in [0.717, 1.165) is 25.8 Å². The average Bonchev–Trinajstić information content (AvgIpc) is 2.28. The average molecular weight is 225 g/mol. The number of nitrogens with zero attached hydrogens (tertiary/aromatic N) is 1. The van der Waals surface area contributed by atoms with Crippen LogP contribution in [0.5, 0.6) is 0 Å². The minimum atomic E-state index is 0.227. The van der Waals surface area contributed by atoms with Crippen molar-refractivity contribution in [2.45, 2.75) is 45.2 Å². The second-order valence-corrected chi connectivity index (χ2v) is 4.64. The van der Waals surface area contributed by atoms with Gasteiger partial charge in [0.15, 0.2) is 0 Å². The van der Waals surface area contributed by atoms with Gasteiger partial charge >= 0.3 is 0 Å². The Hall–Kier alpha value is -0.600. The number of pyridine rings is 1. The lowest BCUT2D eigenvalue weighted by Crippen LogP contribution is -2.49. The summed E-state index contributed by atoms with van der Waals surface area (Å²) >= 11 is 5.92. The number of aromatic nitrogens is 1. The molecule has 2 rings (SSSR count). The normalized spacial score (nSPS) is 18.6. The van der Waals surface area contributed by atoms with Crippen molar-refractivity contribution in [3.8, 4) is 0 Å². The molecule has 1 aliphatic heterocycles. The number of nitrogens with one attached hydrogen (secondary N) is 1. The molecule has 0 aliphatic carbocycles. The first-order chi connectivity index (χ1) is 7.19. The van der Waals surface area contributed by atoms with Gasteiger partial charge in [0.25, 0.3) is 0 Å². The maximum atomic E-state index is 5.92. The second kappa shape index (κ2) is 4.11. The number of hydrogen-bond donors (Lipinski definition) is 1. The molecule has 2 heterocycles. The minimum absolute atomic E-state index is 0.227. The van der Waals surface area contributed by atoms with E-state index in [1.807, 2.05) is 6.07 Å². The highest BCUT2D eigenvalue weighted by atomic mass is 35.5. The molecule has 0 atom stereocenters. The standard InChI is InChI=1S/C12H17ClN2/c1-3-12(4-2)7-10-9(8-14-12)5-6-11(13)15-10/h5-6,14H,3-4,7-8H2,1-2H3. The third-order valence-electron chi connectivity index (χ3n) is 3.55. The van der Waals surface area contributed by atoms with Gasteiger partial charge in [-0.3, -0.25) is 0 Å². The van der Waals surface area contributed by atoms with Crippen LogP contribution in [-0.4, -0.2) is 10.5 Å². The van der Waals surface area contributed by atoms with Crippen molar-refractivity contribution in [3.63, 3.8) is 0 Å². The monoisotopic (exact) mass is 224 g/mol. The number of halogens is 1. The van der Waals surface area contributed by atoms with Crippen molar-refractivity contribution in [1.29, 1.82) is 0 Å². The zero-order valence-electron chi connectivity index (χ0n) is 9.31. The van der Waals surface area contributed by atoms with Gasteiger partial charge in [0.05, 0.1) is 0 Å². The zero-order chi connectivity index (χ0) is 10.9. The van der Waals surface area contributed by atoms with E-state index in [1.165, 1.54) is 11.3 Å². The summed E-state index contributed by atoms with van der Waals surface area (Å²) < 4.78 is 0. The molecule has 3 heteroatoms. The first kappa shape index (κ1) is 10.9. The molecule has 0 bridgehead atoms. The first-order valence-corrected chi connectivity index (χ1v) is 5.96. The maximum absolute atomic E-state index is 5.92. The highest BCUT2D eigenvalue weighted by Crippen LogP contribution is 2.27. The predicted molar refractivity (Wildman–Crippen MR) is 63.1 cm³/mol. The van der Waals surface area contributed by atoms with Crippen molar-refractivity contribution in [1.82, 2.24) is 10.3 Å². The van der Waals surface area contributed by atoms with Crippen LogP contribution >= 0.6 is 11.6 Å². The fourth-order valence-corrected chi connectivity index (χ4v) is 2.40. The van der Waals surface area contributed by atoms with Gasteiger partial charge in [-0.25, -0.2) is 4.98 Å². The van der Waals surface area contributed by atoms with Crippen LogP contribution in [0.4, 0.5) is 0 Å². The van der Waals surface area contributed by atoms with Crippen molar-refractivity contribution >= 4 is 11.6 Å². The Morgan fingerprint density at radius 2 is 2.13 bits per heavy atom. The molecule has 1 N–H and O–H groups in total. The lowest BCUT2D eigenvalue weighted by atomic mass is 9.83. The Morgan fingerprint density at radius 3 is 2.80 bits per heavy atom. The number of hydrogen-bond acceptors (Lipinski definition) is 2. The Kier molecular flexibility index (Phi) is 2.98. The summed E-state index contributed by atoms with van der Waals surface area (Å²) in [7, 11) is 0. The van der Waals surface area contributed by atoms with Gasteiger partial charge in [-0.1, -0.05) is 31.5 Å². The summed E-state index contributed by atoms with van der Waals surface area (Å²) in [6, 6.07) is 3.94. The van der Waals surface area contributed by atoms with Gasteiger partial charge in [-0.05, 0) is 24.5 Å². The minimum Gasteiger partial charge on any atom is -0.307 e. The predicted octanol–water partition coefficient (Wildman–Crippen LogP) is 2.94. The summed E-state index contributed by atoms with van der Waals surface area (Å²) in [5.41, 5.74) is 2.69. The fourth-order valence-electron chi connectivity index (χ4n) is 2.23. The molecule has 0 amide bonds. The molecular weight excluding hydrogens is 208 g/mol. The molecule has 1 aromatic rings. The summed E-state index contributed by atoms with van der Waals surface area (Å²) in [4.78, 5) is 4.43. The van der Waals surface area contributed by atoms with Crippen LogP contribution < -0.4 is 5.32 Å². The first-order valence-electron chi connectivity index (χ1n) is 5.58. The van der Waals surface area contributed by atoms with E-state index in [0.29, 0.717) is 5.15 Å². The van der Waals surface area contributed by atoms with Crippen LogP contribution in [0.3, 0.4) is 0 Å². The highest BCUT2D eigenvalue weighted by Gasteiger charge is 2.31. The van der Waals surface area contributed by atoms with Gasteiger partial charge in [-0.2, -0.15) is 0 Å². The molecule has 0 spiro atoms. The van der Waals surface area contributed by atoms with E-state index < -0.39 is 0 Å². The van der Waals surface area contributed by atoms with E-state index >= 15 is 0 Å². The van der Waals surface area contributed by atoms with Crippen LogP contribution in [0, 0.1) is 0 Å². The summed E-state index contributed by atoms with van der Waals surface area (Å²) in [5, 5.41) is 4.23. The highest BCUT2D eigenvalue weighted by molar-refractivity contribution is 6.29. The van der Waals surface area contributed by atoms with Crippen LogP contribution in [0.25, 0.3) is 0 Å². The molecule has 0 radical (unpaired) electrons. The van der Waals surface area contributed by atoms with Gasteiger partial charge in [-0.15, -0.1) is 0 Å². The topological polar surface area (TPSA) is 24.9 Å². The van der Waals surface area contributed by atoms with Crippen LogP contribution in [0.15, 0.2) is 12.1 Å². The number of fused-ring (bicyclic) bond motifs is 1. The molecule has 1 aliphatic rings. The largest absolute Gasteiger partial charge is 0.307 e. The molecule has 0 fully saturated rings. The van der Waals surface area contributed by atoms with Gasteiger partial charge in [0.1, 0.15) is 5.15 Å². The molecule has 0 unspecified atom stereocenters. The lowest BCUT2D eigenvalue weighted by molar-refractivity contribution is 0.276. The summed E-state index contributed by atoms with van der Waals surface area (Å²) in [6.45, 7) is 5.37. The Labute approximate surface area is 96.1 Å². The van der Waals surface area contributed by atoms with Gasteiger partial charge < -0.3 is 5.32 Å². The van der Waals surface area contributed by atoms with E-state index in [9.17, 15) is 0 Å². The van der Waals surface area contributed by atoms with E-state index in [1.54, 1.807) is 0 Å². The molecule has 1 aromatic heterocycles. The lowest BCUT2D eigenvalue weighted by Gasteiger charge is -2.37. The molecule has 82 valence electrons. The molecule has 0 saturated heterocycles. The quantitative estimate of drug-likeness (QED) is 0.782. The van der Waals surface area contributed by atoms with Crippen molar-refractivity contribution in [3.05, 3.63) is 28.5 Å². The van der Waals surface area contributed by atoms with Crippen molar-refractivity contribution < 1.29 is 0 Å². The molecule has 0 aromatic carbocycles. The molecule has 0 saturated carbocycles. The van der Waals surface area contributed by atoms with Gasteiger partial charge in [0, 0.05) is 24.2 Å². The van der Waals surface area contributed by atoms with Crippen molar-refractivity contribution in [2.75, 3.05) is 0 Å². The fraction of sp³-hybridized carbons (Fsp3) is 0.583. The third kappa shape index (κ3) is 2.01. The molecule has 15 heavy (non-hydrogen) atoms. The Bertz CT molecular complexity index is 359. The zero-order valence-corrected chi connectivity index (χ0v) is 10.1. The number of rotatable bonds is 2.